The van der Waals surface area contributed by atoms with Crippen LogP contribution in [0.2, 0.25) is 0 Å². The molecule has 7 rings (SSSR count). The number of phenolic OH excluding ortho intramolecular Hbond substituents is 1. The van der Waals surface area contributed by atoms with Gasteiger partial charge in [0.25, 0.3) is 0 Å². The maximum Gasteiger partial charge on any atom is 0.354 e. The van der Waals surface area contributed by atoms with Crippen molar-refractivity contribution in [1.82, 2.24) is 4.98 Å². The summed E-state index contributed by atoms with van der Waals surface area (Å²) in [6, 6.07) is 5.88. The number of para-hydroxylation sites is 1. The third-order valence-electron chi connectivity index (χ3n) is 15.0. The number of aliphatic carboxylic acids is 1. The lowest BCUT2D eigenvalue weighted by Gasteiger charge is -2.70. The molecule has 3 unspecified atom stereocenters. The van der Waals surface area contributed by atoms with Crippen LogP contribution in [-0.2, 0) is 14.3 Å². The molecule has 0 radical (unpaired) electrons. The number of Topliss-reactive ketones (excluding diaryl/α,β-unsaturated/α-hetero) is 1. The molecule has 4 saturated carbocycles. The zero-order chi connectivity index (χ0) is 34.7. The van der Waals surface area contributed by atoms with E-state index in [4.69, 9.17) is 4.74 Å². The number of hydrogen-bond acceptors (Lipinski definition) is 6. The Balaban J connectivity index is 1.34. The first-order valence-electron chi connectivity index (χ1n) is 17.9. The standard InChI is InChI=1S/C40H51NO7/c1-35(2)16-17-39(34(46)47)18-19-40(22-48-33(45)26-20-28(43)23-8-7-9-27(42)32(23)41-26)24(25(39)21-35)10-11-30-37(5)14-13-31(44)36(3,4)29(37)12-15-38(30,40)6/h7-10,20,25,29-30,42H,11-19,21-22H2,1-6H3,(H,41,43)(H,46,47)/t25?,29?,30?,37-,38+,39-,40-/m0/s1. The number of aromatic hydroxyl groups is 1. The zero-order valence-electron chi connectivity index (χ0n) is 29.3. The molecule has 0 aliphatic heterocycles. The van der Waals surface area contributed by atoms with Gasteiger partial charge in [0.15, 0.2) is 5.43 Å². The highest BCUT2D eigenvalue weighted by atomic mass is 16.5. The first-order chi connectivity index (χ1) is 22.4. The fourth-order valence-corrected chi connectivity index (χ4v) is 12.2. The molecule has 7 atom stereocenters. The molecule has 0 bridgehead atoms. The number of ether oxygens (including phenoxy) is 1. The van der Waals surface area contributed by atoms with Gasteiger partial charge in [-0.05, 0) is 104 Å². The van der Waals surface area contributed by atoms with Crippen LogP contribution in [-0.4, -0.2) is 39.5 Å². The van der Waals surface area contributed by atoms with Crippen molar-refractivity contribution >= 4 is 28.6 Å². The number of nitrogens with one attached hydrogen (secondary N) is 1. The molecule has 5 aliphatic carbocycles. The lowest BCUT2D eigenvalue weighted by atomic mass is 9.33. The summed E-state index contributed by atoms with van der Waals surface area (Å²) in [5.74, 6) is -0.876. The molecule has 8 nitrogen and oxygen atoms in total. The van der Waals surface area contributed by atoms with Gasteiger partial charge >= 0.3 is 11.9 Å². The largest absolute Gasteiger partial charge is 0.506 e. The number of pyridine rings is 1. The van der Waals surface area contributed by atoms with Crippen molar-refractivity contribution < 1.29 is 29.3 Å². The smallest absolute Gasteiger partial charge is 0.354 e. The van der Waals surface area contributed by atoms with E-state index in [9.17, 15) is 29.4 Å². The second-order valence-corrected chi connectivity index (χ2v) is 17.9. The van der Waals surface area contributed by atoms with Crippen molar-refractivity contribution in [2.45, 2.75) is 106 Å². The van der Waals surface area contributed by atoms with Crippen molar-refractivity contribution in [3.63, 3.8) is 0 Å². The van der Waals surface area contributed by atoms with Crippen molar-refractivity contribution in [1.29, 1.82) is 0 Å². The number of carbonyl (C=O) groups is 3. The summed E-state index contributed by atoms with van der Waals surface area (Å²) in [4.78, 5) is 56.2. The number of ketones is 1. The van der Waals surface area contributed by atoms with Crippen LogP contribution in [0, 0.1) is 50.2 Å². The summed E-state index contributed by atoms with van der Waals surface area (Å²) in [6.07, 6.45) is 9.68. The number of esters is 1. The monoisotopic (exact) mass is 657 g/mol. The Hall–Kier alpha value is -3.42. The highest BCUT2D eigenvalue weighted by Crippen LogP contribution is 2.75. The number of fused-ring (bicyclic) bond motifs is 8. The lowest BCUT2D eigenvalue weighted by Crippen LogP contribution is -2.66. The molecule has 1 aromatic heterocycles. The molecule has 0 spiro atoms. The minimum atomic E-state index is -0.848. The van der Waals surface area contributed by atoms with E-state index in [2.05, 4.69) is 52.6 Å². The summed E-state index contributed by atoms with van der Waals surface area (Å²) in [7, 11) is 0. The van der Waals surface area contributed by atoms with E-state index in [0.717, 1.165) is 44.1 Å². The van der Waals surface area contributed by atoms with Gasteiger partial charge in [0.2, 0.25) is 0 Å². The quantitative estimate of drug-likeness (QED) is 0.225. The fourth-order valence-electron chi connectivity index (χ4n) is 12.2. The van der Waals surface area contributed by atoms with Crippen LogP contribution < -0.4 is 5.43 Å². The highest BCUT2D eigenvalue weighted by molar-refractivity contribution is 5.92. The molecule has 5 aliphatic rings. The van der Waals surface area contributed by atoms with Gasteiger partial charge in [-0.1, -0.05) is 59.3 Å². The number of benzene rings is 1. The van der Waals surface area contributed by atoms with Gasteiger partial charge in [0.1, 0.15) is 23.8 Å². The Labute approximate surface area is 282 Å². The van der Waals surface area contributed by atoms with Gasteiger partial charge in [0, 0.05) is 28.7 Å². The van der Waals surface area contributed by atoms with Crippen molar-refractivity contribution in [3.8, 4) is 5.75 Å². The van der Waals surface area contributed by atoms with Gasteiger partial charge in [-0.2, -0.15) is 0 Å². The van der Waals surface area contributed by atoms with Crippen LogP contribution in [0.25, 0.3) is 10.9 Å². The van der Waals surface area contributed by atoms with Gasteiger partial charge < -0.3 is 19.9 Å². The molecule has 4 fully saturated rings. The van der Waals surface area contributed by atoms with Crippen LogP contribution >= 0.6 is 0 Å². The summed E-state index contributed by atoms with van der Waals surface area (Å²) in [5.41, 5.74) is -1.35. The maximum atomic E-state index is 13.9. The van der Waals surface area contributed by atoms with E-state index >= 15 is 0 Å². The Kier molecular flexibility index (Phi) is 7.27. The number of carboxylic acid groups (broad SMARTS) is 1. The molecule has 3 N–H and O–H groups in total. The molecule has 258 valence electrons. The van der Waals surface area contributed by atoms with Crippen molar-refractivity contribution in [3.05, 3.63) is 51.8 Å². The van der Waals surface area contributed by atoms with Crippen molar-refractivity contribution in [2.75, 3.05) is 6.61 Å². The van der Waals surface area contributed by atoms with Crippen LogP contribution in [0.5, 0.6) is 5.75 Å². The fraction of sp³-hybridized carbons (Fsp3) is 0.650. The summed E-state index contributed by atoms with van der Waals surface area (Å²) in [6.45, 7) is 13.5. The Morgan fingerprint density at radius 2 is 1.69 bits per heavy atom. The SMILES string of the molecule is CC1(C)CC[C@]2(C(=O)O)CC[C@]3(COC(=O)c4cc(=O)c5cccc(O)c5[nH]4)C(=CCC4[C@@]5(C)CCC(=O)C(C)(C)C5CC[C@]43C)C2C1. The maximum absolute atomic E-state index is 13.9. The van der Waals surface area contributed by atoms with E-state index in [-0.39, 0.29) is 68.4 Å². The number of aromatic nitrogens is 1. The predicted octanol–water partition coefficient (Wildman–Crippen LogP) is 7.83. The average molecular weight is 658 g/mol. The molecule has 0 saturated heterocycles. The molecule has 2 aromatic rings. The average Bonchev–Trinajstić information content (AvgIpc) is 3.02. The third kappa shape index (κ3) is 4.38. The Morgan fingerprint density at radius 3 is 2.42 bits per heavy atom. The number of carbonyl (C=O) groups excluding carboxylic acids is 2. The second-order valence-electron chi connectivity index (χ2n) is 17.9. The molecule has 48 heavy (non-hydrogen) atoms. The van der Waals surface area contributed by atoms with Crippen LogP contribution in [0.15, 0.2) is 40.7 Å². The zero-order valence-corrected chi connectivity index (χ0v) is 29.3. The normalized spacial score (nSPS) is 38.1. The number of H-pyrrole nitrogens is 1. The number of aromatic amines is 1. The second kappa shape index (κ2) is 10.5. The van der Waals surface area contributed by atoms with Gasteiger partial charge in [0.05, 0.1) is 10.9 Å². The van der Waals surface area contributed by atoms with Crippen LogP contribution in [0.1, 0.15) is 116 Å². The van der Waals surface area contributed by atoms with E-state index in [1.54, 1.807) is 12.1 Å². The lowest BCUT2D eigenvalue weighted by molar-refractivity contribution is -0.199. The Bertz CT molecular complexity index is 1820. The summed E-state index contributed by atoms with van der Waals surface area (Å²) in [5, 5.41) is 21.6. The third-order valence-corrected chi connectivity index (χ3v) is 15.0. The number of phenols is 1. The first kappa shape index (κ1) is 33.1. The topological polar surface area (TPSA) is 134 Å². The van der Waals surface area contributed by atoms with Crippen molar-refractivity contribution in [2.24, 2.45) is 50.2 Å². The molecule has 1 aromatic carbocycles. The first-order valence-corrected chi connectivity index (χ1v) is 17.9. The number of rotatable bonds is 4. The predicted molar refractivity (Wildman–Crippen MR) is 183 cm³/mol. The molecule has 1 heterocycles. The van der Waals surface area contributed by atoms with E-state index in [1.807, 2.05) is 0 Å². The van der Waals surface area contributed by atoms with Gasteiger partial charge in [-0.15, -0.1) is 0 Å². The van der Waals surface area contributed by atoms with Gasteiger partial charge in [-0.3, -0.25) is 14.4 Å². The van der Waals surface area contributed by atoms with E-state index < -0.39 is 28.2 Å². The molecular weight excluding hydrogens is 606 g/mol. The minimum Gasteiger partial charge on any atom is -0.506 e. The van der Waals surface area contributed by atoms with E-state index in [0.29, 0.717) is 31.5 Å². The van der Waals surface area contributed by atoms with Gasteiger partial charge in [-0.25, -0.2) is 4.79 Å². The molecule has 0 amide bonds. The number of allylic oxidation sites excluding steroid dienone is 1. The minimum absolute atomic E-state index is 0.0219. The van der Waals surface area contributed by atoms with Crippen LogP contribution in [0.3, 0.4) is 0 Å². The summed E-state index contributed by atoms with van der Waals surface area (Å²) >= 11 is 0. The number of hydrogen-bond donors (Lipinski definition) is 3. The number of carboxylic acids is 1. The Morgan fingerprint density at radius 1 is 0.958 bits per heavy atom. The molecular formula is C40H51NO7. The van der Waals surface area contributed by atoms with E-state index in [1.165, 1.54) is 12.1 Å². The summed E-state index contributed by atoms with van der Waals surface area (Å²) < 4.78 is 6.30. The molecule has 8 heteroatoms. The highest BCUT2D eigenvalue weighted by Gasteiger charge is 2.71. The van der Waals surface area contributed by atoms with Crippen LogP contribution in [0.4, 0.5) is 0 Å².